The van der Waals surface area contributed by atoms with Gasteiger partial charge in [-0.05, 0) is 54.7 Å². The molecule has 2 aromatic rings. The van der Waals surface area contributed by atoms with Crippen LogP contribution in [0.3, 0.4) is 0 Å². The maximum atomic E-state index is 12.5. The highest BCUT2D eigenvalue weighted by atomic mass is 16.2. The number of hydrogen-bond acceptors (Lipinski definition) is 4. The summed E-state index contributed by atoms with van der Waals surface area (Å²) in [5.74, 6) is -1.03. The second-order valence-electron chi connectivity index (χ2n) is 7.97. The summed E-state index contributed by atoms with van der Waals surface area (Å²) in [7, 11) is 0. The summed E-state index contributed by atoms with van der Waals surface area (Å²) in [6.45, 7) is 4.03. The number of imide groups is 1. The lowest BCUT2D eigenvalue weighted by atomic mass is 9.91. The molecule has 2 unspecified atom stereocenters. The van der Waals surface area contributed by atoms with E-state index in [1.165, 1.54) is 5.56 Å². The molecule has 0 aromatic heterocycles. The fraction of sp³-hybridized carbons (Fsp3) is 0.304. The lowest BCUT2D eigenvalue weighted by molar-refractivity contribution is -0.123. The Hall–Kier alpha value is -3.68. The fourth-order valence-corrected chi connectivity index (χ4v) is 4.02. The number of fused-ring (bicyclic) bond motifs is 1. The molecule has 4 rings (SSSR count). The molecule has 1 fully saturated rings. The van der Waals surface area contributed by atoms with Crippen LogP contribution in [0.15, 0.2) is 42.5 Å². The monoisotopic (exact) mass is 420 g/mol. The lowest BCUT2D eigenvalue weighted by Crippen LogP contribution is -2.40. The van der Waals surface area contributed by atoms with Gasteiger partial charge in [-0.3, -0.25) is 19.7 Å². The first-order valence-corrected chi connectivity index (χ1v) is 10.3. The third-order valence-corrected chi connectivity index (χ3v) is 5.96. The van der Waals surface area contributed by atoms with Gasteiger partial charge in [-0.25, -0.2) is 4.79 Å². The number of carbonyl (C=O) groups excluding carboxylic acids is 4. The van der Waals surface area contributed by atoms with Crippen LogP contribution in [0.25, 0.3) is 0 Å². The average Bonchev–Trinajstić information content (AvgIpc) is 3.22. The number of rotatable bonds is 6. The summed E-state index contributed by atoms with van der Waals surface area (Å²) in [5, 5.41) is 10.6. The summed E-state index contributed by atoms with van der Waals surface area (Å²) < 4.78 is 0. The zero-order valence-electron chi connectivity index (χ0n) is 17.4. The quantitative estimate of drug-likeness (QED) is 0.536. The van der Waals surface area contributed by atoms with Gasteiger partial charge in [-0.15, -0.1) is 0 Å². The van der Waals surface area contributed by atoms with Crippen LogP contribution in [0.4, 0.5) is 10.5 Å². The molecule has 0 spiro atoms. The van der Waals surface area contributed by atoms with Crippen molar-refractivity contribution in [2.75, 3.05) is 11.9 Å². The van der Waals surface area contributed by atoms with Crippen LogP contribution in [-0.4, -0.2) is 30.3 Å². The van der Waals surface area contributed by atoms with E-state index in [-0.39, 0.29) is 17.7 Å². The lowest BCUT2D eigenvalue weighted by Gasteiger charge is -2.21. The molecule has 0 aliphatic carbocycles. The Morgan fingerprint density at radius 3 is 2.45 bits per heavy atom. The topological polar surface area (TPSA) is 116 Å². The average molecular weight is 420 g/mol. The molecule has 1 saturated heterocycles. The minimum absolute atomic E-state index is 0.0491. The van der Waals surface area contributed by atoms with Crippen LogP contribution in [0.5, 0.6) is 0 Å². The summed E-state index contributed by atoms with van der Waals surface area (Å²) >= 11 is 0. The van der Waals surface area contributed by atoms with E-state index in [0.29, 0.717) is 24.1 Å². The molecule has 8 heteroatoms. The van der Waals surface area contributed by atoms with E-state index in [1.54, 1.807) is 31.2 Å². The zero-order valence-corrected chi connectivity index (χ0v) is 17.4. The number of urea groups is 1. The molecule has 160 valence electrons. The van der Waals surface area contributed by atoms with Crippen molar-refractivity contribution in [2.45, 2.75) is 38.1 Å². The minimum Gasteiger partial charge on any atom is -0.352 e. The molecule has 31 heavy (non-hydrogen) atoms. The Kier molecular flexibility index (Phi) is 5.22. The van der Waals surface area contributed by atoms with Gasteiger partial charge in [0.2, 0.25) is 5.91 Å². The van der Waals surface area contributed by atoms with Gasteiger partial charge in [0.25, 0.3) is 11.8 Å². The molecule has 2 atom stereocenters. The molecule has 2 heterocycles. The highest BCUT2D eigenvalue weighted by molar-refractivity contribution is 6.07. The van der Waals surface area contributed by atoms with Crippen molar-refractivity contribution >= 4 is 29.4 Å². The molecule has 2 aliphatic rings. The maximum Gasteiger partial charge on any atom is 0.322 e. The summed E-state index contributed by atoms with van der Waals surface area (Å²) in [4.78, 5) is 48.3. The van der Waals surface area contributed by atoms with Crippen LogP contribution in [0.2, 0.25) is 0 Å². The van der Waals surface area contributed by atoms with Crippen molar-refractivity contribution in [3.8, 4) is 0 Å². The van der Waals surface area contributed by atoms with Gasteiger partial charge in [-0.1, -0.05) is 31.2 Å². The van der Waals surface area contributed by atoms with E-state index in [1.807, 2.05) is 12.1 Å². The molecule has 2 aromatic carbocycles. The van der Waals surface area contributed by atoms with Crippen LogP contribution < -0.4 is 21.3 Å². The third-order valence-electron chi connectivity index (χ3n) is 5.96. The number of benzene rings is 2. The number of amides is 5. The molecule has 4 N–H and O–H groups in total. The van der Waals surface area contributed by atoms with Gasteiger partial charge < -0.3 is 16.0 Å². The van der Waals surface area contributed by atoms with E-state index in [9.17, 15) is 19.2 Å². The predicted molar refractivity (Wildman–Crippen MR) is 115 cm³/mol. The van der Waals surface area contributed by atoms with Gasteiger partial charge in [0.05, 0.1) is 5.92 Å². The fourth-order valence-electron chi connectivity index (χ4n) is 4.02. The highest BCUT2D eigenvalue weighted by Gasteiger charge is 2.43. The Morgan fingerprint density at radius 2 is 1.81 bits per heavy atom. The molecule has 5 amide bonds. The van der Waals surface area contributed by atoms with E-state index in [0.717, 1.165) is 17.7 Å². The molecule has 0 radical (unpaired) electrons. The second-order valence-corrected chi connectivity index (χ2v) is 7.97. The largest absolute Gasteiger partial charge is 0.352 e. The Labute approximate surface area is 179 Å². The predicted octanol–water partition coefficient (Wildman–Crippen LogP) is 2.16. The summed E-state index contributed by atoms with van der Waals surface area (Å²) in [5.41, 5.74) is 2.84. The van der Waals surface area contributed by atoms with Gasteiger partial charge in [-0.2, -0.15) is 0 Å². The molecule has 2 aliphatic heterocycles. The van der Waals surface area contributed by atoms with Crippen molar-refractivity contribution in [3.05, 3.63) is 64.7 Å². The minimum atomic E-state index is -1.16. The first-order chi connectivity index (χ1) is 14.8. The van der Waals surface area contributed by atoms with Crippen LogP contribution in [-0.2, 0) is 21.5 Å². The number of nitrogens with one attached hydrogen (secondary N) is 4. The number of carbonyl (C=O) groups is 4. The Bertz CT molecular complexity index is 1080. The maximum absolute atomic E-state index is 12.5. The summed E-state index contributed by atoms with van der Waals surface area (Å²) in [6, 6.07) is 12.0. The van der Waals surface area contributed by atoms with Gasteiger partial charge in [0, 0.05) is 17.8 Å². The van der Waals surface area contributed by atoms with Crippen molar-refractivity contribution in [3.63, 3.8) is 0 Å². The van der Waals surface area contributed by atoms with Gasteiger partial charge in [0.15, 0.2) is 0 Å². The Balaban J connectivity index is 1.37. The molecular formula is C23H24N4O4. The number of hydrogen-bond donors (Lipinski definition) is 4. The first kappa shape index (κ1) is 20.6. The van der Waals surface area contributed by atoms with E-state index >= 15 is 0 Å². The van der Waals surface area contributed by atoms with Crippen molar-refractivity contribution in [1.82, 2.24) is 16.0 Å². The van der Waals surface area contributed by atoms with Gasteiger partial charge in [0.1, 0.15) is 5.54 Å². The zero-order chi connectivity index (χ0) is 22.2. The molecule has 0 saturated carbocycles. The molecule has 8 nitrogen and oxygen atoms in total. The van der Waals surface area contributed by atoms with Crippen molar-refractivity contribution in [1.29, 1.82) is 0 Å². The highest BCUT2D eigenvalue weighted by Crippen LogP contribution is 2.35. The molecular weight excluding hydrogens is 396 g/mol. The van der Waals surface area contributed by atoms with Gasteiger partial charge >= 0.3 is 6.03 Å². The van der Waals surface area contributed by atoms with Crippen LogP contribution in [0, 0.1) is 0 Å². The van der Waals surface area contributed by atoms with E-state index < -0.39 is 17.5 Å². The van der Waals surface area contributed by atoms with Crippen LogP contribution in [0.1, 0.15) is 53.2 Å². The van der Waals surface area contributed by atoms with Crippen LogP contribution >= 0.6 is 0 Å². The number of anilines is 1. The number of aryl methyl sites for hydroxylation is 1. The van der Waals surface area contributed by atoms with E-state index in [2.05, 4.69) is 34.3 Å². The second kappa shape index (κ2) is 7.86. The summed E-state index contributed by atoms with van der Waals surface area (Å²) in [6.07, 6.45) is 1.39. The SMILES string of the molecule is CCc1ccc2c(c1)C(CCNC(=O)c1ccc(C3(C)NC(=O)NC3=O)cc1)C(=O)N2. The van der Waals surface area contributed by atoms with E-state index in [4.69, 9.17) is 0 Å². The molecule has 0 bridgehead atoms. The standard InChI is InChI=1S/C23H24N4O4/c1-3-13-4-9-18-17(12-13)16(20(29)25-18)10-11-24-19(28)14-5-7-15(8-6-14)23(2)21(30)26-22(31)27-23/h4-9,12,16H,3,10-11H2,1-2H3,(H,24,28)(H,25,29)(H2,26,27,30,31). The van der Waals surface area contributed by atoms with Crippen molar-refractivity contribution < 1.29 is 19.2 Å². The smallest absolute Gasteiger partial charge is 0.322 e. The first-order valence-electron chi connectivity index (χ1n) is 10.3. The third kappa shape index (κ3) is 3.76. The Morgan fingerprint density at radius 1 is 1.06 bits per heavy atom. The normalized spacial score (nSPS) is 21.9. The van der Waals surface area contributed by atoms with Crippen molar-refractivity contribution in [2.24, 2.45) is 0 Å².